The first kappa shape index (κ1) is 23.8. The second-order valence-corrected chi connectivity index (χ2v) is 11.6. The maximum absolute atomic E-state index is 12.6. The van der Waals surface area contributed by atoms with Crippen LogP contribution in [0.3, 0.4) is 0 Å². The molecule has 2 aromatic heterocycles. The van der Waals surface area contributed by atoms with Gasteiger partial charge in [0, 0.05) is 37.3 Å². The highest BCUT2D eigenvalue weighted by Crippen LogP contribution is 2.26. The number of hydrogen-bond acceptors (Lipinski definition) is 7. The van der Waals surface area contributed by atoms with Gasteiger partial charge in [0.15, 0.2) is 9.84 Å². The molecule has 0 bridgehead atoms. The topological polar surface area (TPSA) is 122 Å². The molecule has 0 radical (unpaired) electrons. The zero-order valence-electron chi connectivity index (χ0n) is 19.5. The van der Waals surface area contributed by atoms with Crippen LogP contribution in [0.15, 0.2) is 48.9 Å². The molecule has 0 unspecified atom stereocenters. The van der Waals surface area contributed by atoms with Crippen molar-refractivity contribution in [1.82, 2.24) is 24.6 Å². The number of rotatable bonds is 5. The van der Waals surface area contributed by atoms with Crippen LogP contribution >= 0.6 is 0 Å². The van der Waals surface area contributed by atoms with Crippen molar-refractivity contribution >= 4 is 27.5 Å². The Kier molecular flexibility index (Phi) is 6.67. The highest BCUT2D eigenvalue weighted by Gasteiger charge is 2.23. The lowest BCUT2D eigenvalue weighted by Crippen LogP contribution is -2.39. The number of nitrogens with one attached hydrogen (secondary N) is 2. The minimum Gasteiger partial charge on any atom is -0.297 e. The van der Waals surface area contributed by atoms with E-state index in [0.717, 1.165) is 16.9 Å². The maximum Gasteiger partial charge on any atom is 0.326 e. The molecule has 10 nitrogen and oxygen atoms in total. The molecule has 1 saturated heterocycles. The lowest BCUT2D eigenvalue weighted by atomic mass is 9.92. The molecular weight excluding hydrogens is 454 g/mol. The monoisotopic (exact) mass is 483 g/mol. The lowest BCUT2D eigenvalue weighted by molar-refractivity contribution is 0.262. The van der Waals surface area contributed by atoms with E-state index in [2.05, 4.69) is 46.3 Å². The molecule has 1 aliphatic heterocycles. The number of sulfone groups is 1. The molecule has 4 rings (SSSR count). The van der Waals surface area contributed by atoms with Crippen molar-refractivity contribution in [2.75, 3.05) is 35.2 Å². The average Bonchev–Trinajstić information content (AvgIpc) is 3.20. The fraction of sp³-hybridized carbons (Fsp3) is 0.391. The number of aromatic nitrogens is 4. The van der Waals surface area contributed by atoms with E-state index < -0.39 is 15.9 Å². The van der Waals surface area contributed by atoms with Crippen LogP contribution in [-0.2, 0) is 21.8 Å². The van der Waals surface area contributed by atoms with Crippen molar-refractivity contribution in [1.29, 1.82) is 0 Å². The van der Waals surface area contributed by atoms with Crippen LogP contribution in [0.2, 0.25) is 0 Å². The van der Waals surface area contributed by atoms with Crippen LogP contribution in [-0.4, -0.2) is 63.7 Å². The molecule has 1 aliphatic rings. The molecule has 34 heavy (non-hydrogen) atoms. The van der Waals surface area contributed by atoms with Crippen molar-refractivity contribution in [2.24, 2.45) is 0 Å². The molecule has 2 N–H and O–H groups in total. The number of carbonyl (C=O) groups is 1. The van der Waals surface area contributed by atoms with Gasteiger partial charge in [0.1, 0.15) is 18.0 Å². The first-order chi connectivity index (χ1) is 16.1. The van der Waals surface area contributed by atoms with Crippen LogP contribution in [0.5, 0.6) is 0 Å². The molecule has 2 amide bonds. The summed E-state index contributed by atoms with van der Waals surface area (Å²) in [7, 11) is -2.90. The summed E-state index contributed by atoms with van der Waals surface area (Å²) in [6.45, 7) is 7.97. The van der Waals surface area contributed by atoms with Crippen molar-refractivity contribution in [3.63, 3.8) is 0 Å². The standard InChI is InChI=1S/C23H29N7O3S/c1-23(2,3)19-14-21(27-22(31)26-20-8-9-24-16-25-20)30(28-19)18-6-4-17(5-7-18)15-29-10-12-34(32,33)13-11-29/h4-9,14,16H,10-13,15H2,1-3H3,(H2,24,25,26,27,31). The SMILES string of the molecule is CC(C)(C)c1cc(NC(=O)Nc2ccncn2)n(-c2ccc(CN3CCS(=O)(=O)CC3)cc2)n1. The number of urea groups is 1. The molecule has 3 heterocycles. The molecule has 0 atom stereocenters. The minimum atomic E-state index is -2.90. The van der Waals surface area contributed by atoms with Gasteiger partial charge < -0.3 is 0 Å². The second-order valence-electron chi connectivity index (χ2n) is 9.34. The van der Waals surface area contributed by atoms with E-state index in [1.165, 1.54) is 6.33 Å². The van der Waals surface area contributed by atoms with Crippen LogP contribution < -0.4 is 10.6 Å². The number of anilines is 2. The van der Waals surface area contributed by atoms with Crippen molar-refractivity contribution in [2.45, 2.75) is 32.7 Å². The lowest BCUT2D eigenvalue weighted by Gasteiger charge is -2.26. The quantitative estimate of drug-likeness (QED) is 0.572. The van der Waals surface area contributed by atoms with Crippen molar-refractivity contribution in [3.05, 3.63) is 60.2 Å². The minimum absolute atomic E-state index is 0.208. The largest absolute Gasteiger partial charge is 0.326 e. The van der Waals surface area contributed by atoms with E-state index in [-0.39, 0.29) is 16.9 Å². The third-order valence-corrected chi connectivity index (χ3v) is 7.18. The zero-order valence-corrected chi connectivity index (χ0v) is 20.3. The summed E-state index contributed by atoms with van der Waals surface area (Å²) in [6, 6.07) is 10.9. The third-order valence-electron chi connectivity index (χ3n) is 5.57. The average molecular weight is 484 g/mol. The van der Waals surface area contributed by atoms with Crippen molar-refractivity contribution < 1.29 is 13.2 Å². The van der Waals surface area contributed by atoms with E-state index in [9.17, 15) is 13.2 Å². The van der Waals surface area contributed by atoms with Gasteiger partial charge in [0.2, 0.25) is 0 Å². The Morgan fingerprint density at radius 1 is 1.06 bits per heavy atom. The van der Waals surface area contributed by atoms with Gasteiger partial charge in [-0.15, -0.1) is 0 Å². The zero-order chi connectivity index (χ0) is 24.3. The van der Waals surface area contributed by atoms with Gasteiger partial charge in [0.05, 0.1) is 22.9 Å². The molecule has 3 aromatic rings. The second kappa shape index (κ2) is 9.51. The molecule has 0 aliphatic carbocycles. The Morgan fingerprint density at radius 2 is 1.76 bits per heavy atom. The molecule has 1 aromatic carbocycles. The summed E-state index contributed by atoms with van der Waals surface area (Å²) >= 11 is 0. The van der Waals surface area contributed by atoms with Crippen molar-refractivity contribution in [3.8, 4) is 5.69 Å². The van der Waals surface area contributed by atoms with Crippen LogP contribution in [0, 0.1) is 0 Å². The summed E-state index contributed by atoms with van der Waals surface area (Å²) < 4.78 is 25.0. The van der Waals surface area contributed by atoms with Crippen LogP contribution in [0.1, 0.15) is 32.0 Å². The fourth-order valence-electron chi connectivity index (χ4n) is 3.57. The van der Waals surface area contributed by atoms with Gasteiger partial charge >= 0.3 is 6.03 Å². The van der Waals surface area contributed by atoms with Crippen LogP contribution in [0.4, 0.5) is 16.4 Å². The van der Waals surface area contributed by atoms with Gasteiger partial charge in [-0.3, -0.25) is 15.5 Å². The van der Waals surface area contributed by atoms with E-state index in [0.29, 0.717) is 31.3 Å². The first-order valence-electron chi connectivity index (χ1n) is 11.1. The van der Waals surface area contributed by atoms with Crippen LogP contribution in [0.25, 0.3) is 5.69 Å². The fourth-order valence-corrected chi connectivity index (χ4v) is 4.85. The summed E-state index contributed by atoms with van der Waals surface area (Å²) in [5.41, 5.74) is 2.52. The summed E-state index contributed by atoms with van der Waals surface area (Å²) in [6.07, 6.45) is 2.91. The molecule has 180 valence electrons. The Balaban J connectivity index is 1.52. The summed E-state index contributed by atoms with van der Waals surface area (Å²) in [5.74, 6) is 1.34. The predicted octanol–water partition coefficient (Wildman–Crippen LogP) is 2.83. The predicted molar refractivity (Wildman–Crippen MR) is 131 cm³/mol. The van der Waals surface area contributed by atoms with Gasteiger partial charge in [-0.25, -0.2) is 27.9 Å². The number of amides is 2. The highest BCUT2D eigenvalue weighted by atomic mass is 32.2. The Morgan fingerprint density at radius 3 is 2.38 bits per heavy atom. The van der Waals surface area contributed by atoms with E-state index >= 15 is 0 Å². The third kappa shape index (κ3) is 5.97. The molecular formula is C23H29N7O3S. The Bertz CT molecular complexity index is 1240. The Hall–Kier alpha value is -3.31. The normalized spacial score (nSPS) is 16.2. The number of benzene rings is 1. The molecule has 0 saturated carbocycles. The molecule has 1 fully saturated rings. The number of carbonyl (C=O) groups excluding carboxylic acids is 1. The van der Waals surface area contributed by atoms with Gasteiger partial charge in [-0.05, 0) is 23.8 Å². The van der Waals surface area contributed by atoms with Gasteiger partial charge in [0.25, 0.3) is 0 Å². The highest BCUT2D eigenvalue weighted by molar-refractivity contribution is 7.91. The summed E-state index contributed by atoms with van der Waals surface area (Å²) in [4.78, 5) is 22.6. The first-order valence-corrected chi connectivity index (χ1v) is 12.9. The Labute approximate surface area is 199 Å². The molecule has 11 heteroatoms. The van der Waals surface area contributed by atoms with E-state index in [1.807, 2.05) is 30.3 Å². The van der Waals surface area contributed by atoms with E-state index in [4.69, 9.17) is 5.10 Å². The maximum atomic E-state index is 12.6. The smallest absolute Gasteiger partial charge is 0.297 e. The molecule has 0 spiro atoms. The number of hydrogen-bond donors (Lipinski definition) is 2. The van der Waals surface area contributed by atoms with E-state index in [1.54, 1.807) is 16.9 Å². The van der Waals surface area contributed by atoms with Gasteiger partial charge in [-0.2, -0.15) is 5.10 Å². The summed E-state index contributed by atoms with van der Waals surface area (Å²) in [5, 5.41) is 10.3. The van der Waals surface area contributed by atoms with Gasteiger partial charge in [-0.1, -0.05) is 32.9 Å². The number of nitrogens with zero attached hydrogens (tertiary/aromatic N) is 5.